The first kappa shape index (κ1) is 17.9. The SMILES string of the molecule is CCSCCC(CNCC(C)C)Cc1ccccc1Cl. The van der Waals surface area contributed by atoms with Crippen molar-refractivity contribution < 1.29 is 0 Å². The minimum atomic E-state index is 0.674. The summed E-state index contributed by atoms with van der Waals surface area (Å²) in [4.78, 5) is 0. The Morgan fingerprint density at radius 1 is 1.20 bits per heavy atom. The summed E-state index contributed by atoms with van der Waals surface area (Å²) in [6, 6.07) is 8.24. The van der Waals surface area contributed by atoms with E-state index in [-0.39, 0.29) is 0 Å². The lowest BCUT2D eigenvalue weighted by Crippen LogP contribution is -2.28. The number of hydrogen-bond donors (Lipinski definition) is 1. The molecular weight excluding hydrogens is 286 g/mol. The summed E-state index contributed by atoms with van der Waals surface area (Å²) in [7, 11) is 0. The van der Waals surface area contributed by atoms with Crippen LogP contribution in [0.3, 0.4) is 0 Å². The first-order valence-electron chi connectivity index (χ1n) is 7.65. The largest absolute Gasteiger partial charge is 0.316 e. The van der Waals surface area contributed by atoms with E-state index >= 15 is 0 Å². The molecule has 0 saturated heterocycles. The van der Waals surface area contributed by atoms with Gasteiger partial charge in [0.25, 0.3) is 0 Å². The highest BCUT2D eigenvalue weighted by Gasteiger charge is 2.11. The van der Waals surface area contributed by atoms with Gasteiger partial charge in [0.15, 0.2) is 0 Å². The van der Waals surface area contributed by atoms with Crippen molar-refractivity contribution in [3.8, 4) is 0 Å². The van der Waals surface area contributed by atoms with Crippen LogP contribution in [0, 0.1) is 11.8 Å². The van der Waals surface area contributed by atoms with E-state index in [1.807, 2.05) is 23.9 Å². The van der Waals surface area contributed by atoms with Crippen LogP contribution in [0.4, 0.5) is 0 Å². The van der Waals surface area contributed by atoms with E-state index in [2.05, 4.69) is 38.2 Å². The molecule has 0 amide bonds. The second-order valence-electron chi connectivity index (χ2n) is 5.70. The second-order valence-corrected chi connectivity index (χ2v) is 7.50. The predicted octanol–water partition coefficient (Wildman–Crippen LogP) is 4.89. The van der Waals surface area contributed by atoms with Crippen molar-refractivity contribution >= 4 is 23.4 Å². The standard InChI is InChI=1S/C17H28ClNS/c1-4-20-10-9-15(13-19-12-14(2)3)11-16-7-5-6-8-17(16)18/h5-8,14-15,19H,4,9-13H2,1-3H3. The quantitative estimate of drug-likeness (QED) is 0.617. The third kappa shape index (κ3) is 7.56. The zero-order chi connectivity index (χ0) is 14.8. The van der Waals surface area contributed by atoms with E-state index in [1.54, 1.807) is 0 Å². The van der Waals surface area contributed by atoms with Gasteiger partial charge in [0.2, 0.25) is 0 Å². The summed E-state index contributed by atoms with van der Waals surface area (Å²) in [5, 5.41) is 4.51. The van der Waals surface area contributed by atoms with Crippen molar-refractivity contribution in [3.63, 3.8) is 0 Å². The molecule has 0 bridgehead atoms. The highest BCUT2D eigenvalue weighted by molar-refractivity contribution is 7.99. The average Bonchev–Trinajstić information content (AvgIpc) is 2.41. The topological polar surface area (TPSA) is 12.0 Å². The van der Waals surface area contributed by atoms with Crippen molar-refractivity contribution in [3.05, 3.63) is 34.9 Å². The van der Waals surface area contributed by atoms with Crippen molar-refractivity contribution in [1.82, 2.24) is 5.32 Å². The number of rotatable bonds is 10. The first-order valence-corrected chi connectivity index (χ1v) is 9.18. The lowest BCUT2D eigenvalue weighted by Gasteiger charge is -2.19. The van der Waals surface area contributed by atoms with E-state index in [9.17, 15) is 0 Å². The summed E-state index contributed by atoms with van der Waals surface area (Å²) in [6.07, 6.45) is 2.34. The number of thioether (sulfide) groups is 1. The van der Waals surface area contributed by atoms with Crippen molar-refractivity contribution in [2.45, 2.75) is 33.6 Å². The molecular formula is C17H28ClNS. The molecule has 1 atom stereocenters. The minimum absolute atomic E-state index is 0.674. The van der Waals surface area contributed by atoms with E-state index in [1.165, 1.54) is 23.5 Å². The molecule has 1 aromatic carbocycles. The van der Waals surface area contributed by atoms with E-state index < -0.39 is 0 Å². The van der Waals surface area contributed by atoms with Crippen LogP contribution < -0.4 is 5.32 Å². The van der Waals surface area contributed by atoms with Crippen LogP contribution in [0.25, 0.3) is 0 Å². The molecule has 0 aliphatic rings. The van der Waals surface area contributed by atoms with Crippen LogP contribution in [-0.4, -0.2) is 24.6 Å². The molecule has 0 fully saturated rings. The minimum Gasteiger partial charge on any atom is -0.316 e. The molecule has 0 aliphatic carbocycles. The molecule has 1 rings (SSSR count). The Hall–Kier alpha value is -0.180. The Kier molecular flexibility index (Phi) is 9.41. The summed E-state index contributed by atoms with van der Waals surface area (Å²) in [5.74, 6) is 3.83. The number of benzene rings is 1. The molecule has 0 spiro atoms. The van der Waals surface area contributed by atoms with Gasteiger partial charge in [-0.1, -0.05) is 50.6 Å². The molecule has 1 unspecified atom stereocenters. The summed E-state index contributed by atoms with van der Waals surface area (Å²) >= 11 is 8.32. The van der Waals surface area contributed by atoms with Crippen LogP contribution in [0.1, 0.15) is 32.8 Å². The molecule has 0 saturated carbocycles. The molecule has 0 aromatic heterocycles. The van der Waals surface area contributed by atoms with E-state index in [0.717, 1.165) is 24.5 Å². The van der Waals surface area contributed by atoms with Crippen LogP contribution in [0.15, 0.2) is 24.3 Å². The van der Waals surface area contributed by atoms with Crippen LogP contribution >= 0.6 is 23.4 Å². The van der Waals surface area contributed by atoms with Gasteiger partial charge in [0.05, 0.1) is 0 Å². The van der Waals surface area contributed by atoms with Crippen LogP contribution in [0.2, 0.25) is 5.02 Å². The van der Waals surface area contributed by atoms with Crippen molar-refractivity contribution in [2.75, 3.05) is 24.6 Å². The number of hydrogen-bond acceptors (Lipinski definition) is 2. The smallest absolute Gasteiger partial charge is 0.0438 e. The zero-order valence-corrected chi connectivity index (χ0v) is 14.6. The Balaban J connectivity index is 2.50. The average molecular weight is 314 g/mol. The Bertz CT molecular complexity index is 368. The molecule has 1 N–H and O–H groups in total. The summed E-state index contributed by atoms with van der Waals surface area (Å²) < 4.78 is 0. The molecule has 1 aromatic rings. The molecule has 0 heterocycles. The monoisotopic (exact) mass is 313 g/mol. The Morgan fingerprint density at radius 3 is 2.60 bits per heavy atom. The summed E-state index contributed by atoms with van der Waals surface area (Å²) in [6.45, 7) is 8.92. The van der Waals surface area contributed by atoms with Gasteiger partial charge < -0.3 is 5.32 Å². The second kappa shape index (κ2) is 10.5. The van der Waals surface area contributed by atoms with Crippen molar-refractivity contribution in [2.24, 2.45) is 11.8 Å². The maximum absolute atomic E-state index is 6.29. The summed E-state index contributed by atoms with van der Waals surface area (Å²) in [5.41, 5.74) is 1.28. The van der Waals surface area contributed by atoms with Crippen LogP contribution in [0.5, 0.6) is 0 Å². The lowest BCUT2D eigenvalue weighted by molar-refractivity contribution is 0.440. The first-order chi connectivity index (χ1) is 9.63. The highest BCUT2D eigenvalue weighted by Crippen LogP contribution is 2.21. The van der Waals surface area contributed by atoms with Gasteiger partial charge in [-0.25, -0.2) is 0 Å². The zero-order valence-electron chi connectivity index (χ0n) is 13.0. The fraction of sp³-hybridized carbons (Fsp3) is 0.647. The van der Waals surface area contributed by atoms with Gasteiger partial charge in [-0.15, -0.1) is 0 Å². The van der Waals surface area contributed by atoms with Gasteiger partial charge in [-0.2, -0.15) is 11.8 Å². The third-order valence-electron chi connectivity index (χ3n) is 3.33. The number of halogens is 1. The van der Waals surface area contributed by atoms with Crippen molar-refractivity contribution in [1.29, 1.82) is 0 Å². The van der Waals surface area contributed by atoms with Gasteiger partial charge in [0, 0.05) is 5.02 Å². The lowest BCUT2D eigenvalue weighted by atomic mass is 9.96. The van der Waals surface area contributed by atoms with Gasteiger partial charge in [0.1, 0.15) is 0 Å². The van der Waals surface area contributed by atoms with Gasteiger partial charge in [-0.05, 0) is 60.9 Å². The fourth-order valence-electron chi connectivity index (χ4n) is 2.22. The van der Waals surface area contributed by atoms with E-state index in [0.29, 0.717) is 11.8 Å². The molecule has 114 valence electrons. The molecule has 0 aliphatic heterocycles. The van der Waals surface area contributed by atoms with E-state index in [4.69, 9.17) is 11.6 Å². The molecule has 20 heavy (non-hydrogen) atoms. The van der Waals surface area contributed by atoms with Gasteiger partial charge in [-0.3, -0.25) is 0 Å². The predicted molar refractivity (Wildman–Crippen MR) is 94.0 cm³/mol. The van der Waals surface area contributed by atoms with Gasteiger partial charge >= 0.3 is 0 Å². The van der Waals surface area contributed by atoms with Crippen LogP contribution in [-0.2, 0) is 6.42 Å². The maximum Gasteiger partial charge on any atom is 0.0438 e. The molecule has 1 nitrogen and oxygen atoms in total. The maximum atomic E-state index is 6.29. The fourth-order valence-corrected chi connectivity index (χ4v) is 3.22. The molecule has 3 heteroatoms. The Morgan fingerprint density at radius 2 is 1.95 bits per heavy atom. The third-order valence-corrected chi connectivity index (χ3v) is 4.63. The Labute approximate surface area is 133 Å². The number of nitrogens with one attached hydrogen (secondary N) is 1. The normalized spacial score (nSPS) is 12.8. The molecule has 0 radical (unpaired) electrons. The highest BCUT2D eigenvalue weighted by atomic mass is 35.5.